The zero-order valence-electron chi connectivity index (χ0n) is 7.94. The first-order chi connectivity index (χ1) is 6.68. The van der Waals surface area contributed by atoms with Crippen LogP contribution in [0.15, 0.2) is 23.9 Å². The maximum absolute atomic E-state index is 13.0. The van der Waals surface area contributed by atoms with E-state index in [4.69, 9.17) is 4.74 Å². The number of hydrogen-bond acceptors (Lipinski definition) is 2. The molecule has 1 unspecified atom stereocenters. The standard InChI is InChI=1S/C10H12FNO2/c1-7-6-14-10(13)12(7)9-4-2-3-8(11)5-9/h2,4-5,7-8H,3,6H2,1H3/t7-,8?/m1/s1. The number of halogens is 1. The number of carbonyl (C=O) groups excluding carboxylic acids is 1. The van der Waals surface area contributed by atoms with E-state index in [0.717, 1.165) is 0 Å². The molecule has 0 aromatic heterocycles. The summed E-state index contributed by atoms with van der Waals surface area (Å²) in [4.78, 5) is 12.8. The van der Waals surface area contributed by atoms with Crippen LogP contribution < -0.4 is 0 Å². The highest BCUT2D eigenvalue weighted by Gasteiger charge is 2.32. The van der Waals surface area contributed by atoms with Crippen LogP contribution in [-0.4, -0.2) is 29.8 Å². The van der Waals surface area contributed by atoms with Crippen molar-refractivity contribution >= 4 is 6.09 Å². The molecule has 0 aromatic carbocycles. The molecule has 0 saturated carbocycles. The van der Waals surface area contributed by atoms with Crippen molar-refractivity contribution in [2.24, 2.45) is 0 Å². The Bertz CT molecular complexity index is 311. The van der Waals surface area contributed by atoms with Gasteiger partial charge in [-0.15, -0.1) is 0 Å². The Labute approximate surface area is 81.8 Å². The largest absolute Gasteiger partial charge is 0.447 e. The van der Waals surface area contributed by atoms with E-state index in [1.807, 2.05) is 6.92 Å². The molecule has 0 radical (unpaired) electrons. The van der Waals surface area contributed by atoms with E-state index in [9.17, 15) is 9.18 Å². The first kappa shape index (κ1) is 9.24. The maximum Gasteiger partial charge on any atom is 0.414 e. The average Bonchev–Trinajstić information content (AvgIpc) is 2.46. The van der Waals surface area contributed by atoms with Gasteiger partial charge in [-0.2, -0.15) is 0 Å². The van der Waals surface area contributed by atoms with E-state index in [2.05, 4.69) is 0 Å². The summed E-state index contributed by atoms with van der Waals surface area (Å²) in [6, 6.07) is -0.0105. The first-order valence-electron chi connectivity index (χ1n) is 4.67. The third-order valence-electron chi connectivity index (χ3n) is 2.37. The van der Waals surface area contributed by atoms with Gasteiger partial charge in [-0.3, -0.25) is 4.90 Å². The lowest BCUT2D eigenvalue weighted by Crippen LogP contribution is -2.30. The summed E-state index contributed by atoms with van der Waals surface area (Å²) in [5.41, 5.74) is 0.610. The van der Waals surface area contributed by atoms with E-state index in [0.29, 0.717) is 18.7 Å². The molecule has 0 aromatic rings. The molecule has 0 spiro atoms. The van der Waals surface area contributed by atoms with Gasteiger partial charge >= 0.3 is 6.09 Å². The molecule has 1 aliphatic carbocycles. The molecule has 2 atom stereocenters. The van der Waals surface area contributed by atoms with E-state index >= 15 is 0 Å². The maximum atomic E-state index is 13.0. The number of hydrogen-bond donors (Lipinski definition) is 0. The van der Waals surface area contributed by atoms with Gasteiger partial charge in [0.25, 0.3) is 0 Å². The highest BCUT2D eigenvalue weighted by molar-refractivity contribution is 5.73. The summed E-state index contributed by atoms with van der Waals surface area (Å²) in [6.07, 6.45) is 3.97. The Morgan fingerprint density at radius 3 is 3.00 bits per heavy atom. The predicted molar refractivity (Wildman–Crippen MR) is 49.4 cm³/mol. The van der Waals surface area contributed by atoms with Crippen LogP contribution in [-0.2, 0) is 4.74 Å². The minimum absolute atomic E-state index is 0.0105. The fraction of sp³-hybridized carbons (Fsp3) is 0.500. The molecule has 1 fully saturated rings. The Morgan fingerprint density at radius 1 is 1.64 bits per heavy atom. The predicted octanol–water partition coefficient (Wildman–Crippen LogP) is 2.01. The summed E-state index contributed by atoms with van der Waals surface area (Å²) in [6.45, 7) is 2.25. The number of rotatable bonds is 1. The first-order valence-corrected chi connectivity index (χ1v) is 4.67. The highest BCUT2D eigenvalue weighted by Crippen LogP contribution is 2.23. The molecule has 2 rings (SSSR count). The van der Waals surface area contributed by atoms with Gasteiger partial charge in [0.05, 0.1) is 6.04 Å². The second-order valence-corrected chi connectivity index (χ2v) is 3.54. The summed E-state index contributed by atoms with van der Waals surface area (Å²) in [5.74, 6) is 0. The van der Waals surface area contributed by atoms with Crippen molar-refractivity contribution in [3.05, 3.63) is 23.9 Å². The van der Waals surface area contributed by atoms with Crippen molar-refractivity contribution in [2.75, 3.05) is 6.61 Å². The molecule has 0 bridgehead atoms. The SMILES string of the molecule is C[C@@H]1COC(=O)N1C1=CC(F)CC=C1. The Kier molecular flexibility index (Phi) is 2.27. The zero-order chi connectivity index (χ0) is 10.1. The Balaban J connectivity index is 2.21. The van der Waals surface area contributed by atoms with Crippen molar-refractivity contribution in [1.82, 2.24) is 4.90 Å². The number of nitrogens with zero attached hydrogens (tertiary/aromatic N) is 1. The van der Waals surface area contributed by atoms with Gasteiger partial charge in [-0.1, -0.05) is 6.08 Å². The highest BCUT2D eigenvalue weighted by atomic mass is 19.1. The molecule has 1 heterocycles. The lowest BCUT2D eigenvalue weighted by Gasteiger charge is -2.21. The van der Waals surface area contributed by atoms with Crippen molar-refractivity contribution < 1.29 is 13.9 Å². The van der Waals surface area contributed by atoms with Crippen LogP contribution in [0.3, 0.4) is 0 Å². The molecule has 14 heavy (non-hydrogen) atoms. The monoisotopic (exact) mass is 197 g/mol. The lowest BCUT2D eigenvalue weighted by atomic mass is 10.1. The third-order valence-corrected chi connectivity index (χ3v) is 2.37. The van der Waals surface area contributed by atoms with Crippen molar-refractivity contribution in [1.29, 1.82) is 0 Å². The van der Waals surface area contributed by atoms with Crippen molar-refractivity contribution in [2.45, 2.75) is 25.6 Å². The van der Waals surface area contributed by atoms with E-state index in [1.165, 1.54) is 11.0 Å². The smallest absolute Gasteiger partial charge is 0.414 e. The molecule has 2 aliphatic rings. The zero-order valence-corrected chi connectivity index (χ0v) is 7.94. The quantitative estimate of drug-likeness (QED) is 0.643. The van der Waals surface area contributed by atoms with Crippen LogP contribution in [0.2, 0.25) is 0 Å². The summed E-state index contributed by atoms with van der Waals surface area (Å²) in [7, 11) is 0. The van der Waals surface area contributed by atoms with Gasteiger partial charge in [-0.05, 0) is 19.1 Å². The molecule has 4 heteroatoms. The van der Waals surface area contributed by atoms with Gasteiger partial charge in [0.15, 0.2) is 0 Å². The minimum Gasteiger partial charge on any atom is -0.447 e. The Hall–Kier alpha value is -1.32. The lowest BCUT2D eigenvalue weighted by molar-refractivity contribution is 0.164. The van der Waals surface area contributed by atoms with Crippen LogP contribution in [0.25, 0.3) is 0 Å². The van der Waals surface area contributed by atoms with Gasteiger partial charge < -0.3 is 4.74 Å². The van der Waals surface area contributed by atoms with Crippen LogP contribution in [0, 0.1) is 0 Å². The van der Waals surface area contributed by atoms with Crippen molar-refractivity contribution in [3.8, 4) is 0 Å². The second kappa shape index (κ2) is 3.44. The van der Waals surface area contributed by atoms with E-state index in [1.54, 1.807) is 12.2 Å². The topological polar surface area (TPSA) is 29.5 Å². The summed E-state index contributed by atoms with van der Waals surface area (Å²) < 4.78 is 17.9. The number of ether oxygens (including phenoxy) is 1. The minimum atomic E-state index is -0.990. The fourth-order valence-electron chi connectivity index (χ4n) is 1.66. The molecule has 0 N–H and O–H groups in total. The van der Waals surface area contributed by atoms with Gasteiger partial charge in [0.1, 0.15) is 12.8 Å². The van der Waals surface area contributed by atoms with Crippen LogP contribution >= 0.6 is 0 Å². The van der Waals surface area contributed by atoms with E-state index < -0.39 is 6.17 Å². The Morgan fingerprint density at radius 2 is 2.43 bits per heavy atom. The molecule has 1 aliphatic heterocycles. The molecule has 1 saturated heterocycles. The van der Waals surface area contributed by atoms with Crippen LogP contribution in [0.4, 0.5) is 9.18 Å². The number of cyclic esters (lactones) is 1. The summed E-state index contributed by atoms with van der Waals surface area (Å²) >= 11 is 0. The fourth-order valence-corrected chi connectivity index (χ4v) is 1.66. The normalized spacial score (nSPS) is 31.7. The van der Waals surface area contributed by atoms with Crippen molar-refractivity contribution in [3.63, 3.8) is 0 Å². The number of alkyl halides is 1. The molecular weight excluding hydrogens is 185 g/mol. The van der Waals surface area contributed by atoms with Gasteiger partial charge in [0, 0.05) is 12.1 Å². The summed E-state index contributed by atoms with van der Waals surface area (Å²) in [5, 5.41) is 0. The second-order valence-electron chi connectivity index (χ2n) is 3.54. The van der Waals surface area contributed by atoms with E-state index in [-0.39, 0.29) is 12.1 Å². The van der Waals surface area contributed by atoms with Gasteiger partial charge in [-0.25, -0.2) is 9.18 Å². The van der Waals surface area contributed by atoms with Gasteiger partial charge in [0.2, 0.25) is 0 Å². The molecule has 3 nitrogen and oxygen atoms in total. The number of allylic oxidation sites excluding steroid dienone is 3. The molecule has 76 valence electrons. The third kappa shape index (κ3) is 1.52. The molecule has 1 amide bonds. The number of amides is 1. The number of carbonyl (C=O) groups is 1. The van der Waals surface area contributed by atoms with Crippen LogP contribution in [0.5, 0.6) is 0 Å². The van der Waals surface area contributed by atoms with Crippen LogP contribution in [0.1, 0.15) is 13.3 Å². The average molecular weight is 197 g/mol. The molecular formula is C10H12FNO2.